The number of ether oxygens (including phenoxy) is 2. The largest absolute Gasteiger partial charge is 0.491 e. The van der Waals surface area contributed by atoms with Crippen molar-refractivity contribution < 1.29 is 19.4 Å². The Kier molecular flexibility index (Phi) is 6.06. The molecule has 1 rings (SSSR count). The van der Waals surface area contributed by atoms with E-state index in [2.05, 4.69) is 5.32 Å². The van der Waals surface area contributed by atoms with Gasteiger partial charge in [0.05, 0.1) is 13.2 Å². The van der Waals surface area contributed by atoms with Crippen LogP contribution in [-0.4, -0.2) is 44.0 Å². The summed E-state index contributed by atoms with van der Waals surface area (Å²) in [5, 5.41) is 11.4. The number of likely N-dealkylation sites (N-methyl/N-ethyl adjacent to an activating group) is 1. The van der Waals surface area contributed by atoms with Gasteiger partial charge in [-0.3, -0.25) is 4.79 Å². The number of para-hydroxylation sites is 1. The number of hydrogen-bond donors (Lipinski definition) is 2. The predicted molar refractivity (Wildman–Crippen MR) is 63.2 cm³/mol. The molecule has 0 aliphatic rings. The molecule has 0 aromatic heterocycles. The lowest BCUT2D eigenvalue weighted by atomic mass is 10.3. The Bertz CT molecular complexity index is 329. The highest BCUT2D eigenvalue weighted by molar-refractivity contribution is 5.73. The van der Waals surface area contributed by atoms with E-state index in [1.807, 2.05) is 30.3 Å². The summed E-state index contributed by atoms with van der Waals surface area (Å²) in [6.45, 7) is 0.893. The zero-order valence-corrected chi connectivity index (χ0v) is 9.76. The van der Waals surface area contributed by atoms with Crippen molar-refractivity contribution in [2.24, 2.45) is 0 Å². The first kappa shape index (κ1) is 13.5. The number of carboxylic acids is 1. The lowest BCUT2D eigenvalue weighted by Crippen LogP contribution is -2.38. The topological polar surface area (TPSA) is 67.8 Å². The zero-order chi connectivity index (χ0) is 12.5. The summed E-state index contributed by atoms with van der Waals surface area (Å²) in [5.74, 6) is -0.143. The highest BCUT2D eigenvalue weighted by Crippen LogP contribution is 2.07. The molecule has 5 heteroatoms. The summed E-state index contributed by atoms with van der Waals surface area (Å²) < 4.78 is 10.6. The van der Waals surface area contributed by atoms with Crippen LogP contribution in [0.15, 0.2) is 30.3 Å². The van der Waals surface area contributed by atoms with E-state index in [0.717, 1.165) is 5.75 Å². The number of carboxylic acid groups (broad SMARTS) is 1. The van der Waals surface area contributed by atoms with E-state index < -0.39 is 12.0 Å². The van der Waals surface area contributed by atoms with Crippen molar-refractivity contribution in [3.63, 3.8) is 0 Å². The fourth-order valence-electron chi connectivity index (χ4n) is 1.21. The number of hydrogen-bond acceptors (Lipinski definition) is 4. The van der Waals surface area contributed by atoms with Gasteiger partial charge in [0.25, 0.3) is 0 Å². The van der Waals surface area contributed by atoms with E-state index in [-0.39, 0.29) is 6.61 Å². The molecule has 5 nitrogen and oxygen atoms in total. The molecule has 94 valence electrons. The van der Waals surface area contributed by atoms with Crippen molar-refractivity contribution >= 4 is 5.97 Å². The van der Waals surface area contributed by atoms with Gasteiger partial charge in [-0.1, -0.05) is 18.2 Å². The van der Waals surface area contributed by atoms with E-state index in [1.165, 1.54) is 0 Å². The van der Waals surface area contributed by atoms with Crippen LogP contribution in [0.4, 0.5) is 0 Å². The molecule has 1 aromatic rings. The first-order valence-electron chi connectivity index (χ1n) is 5.39. The third-order valence-corrected chi connectivity index (χ3v) is 2.17. The van der Waals surface area contributed by atoms with Crippen LogP contribution < -0.4 is 10.1 Å². The third-order valence-electron chi connectivity index (χ3n) is 2.17. The molecule has 1 atom stereocenters. The predicted octanol–water partition coefficient (Wildman–Crippen LogP) is 0.755. The van der Waals surface area contributed by atoms with Gasteiger partial charge in [0.2, 0.25) is 0 Å². The van der Waals surface area contributed by atoms with Gasteiger partial charge in [0.15, 0.2) is 0 Å². The molecule has 17 heavy (non-hydrogen) atoms. The average molecular weight is 239 g/mol. The lowest BCUT2D eigenvalue weighted by Gasteiger charge is -2.12. The van der Waals surface area contributed by atoms with Gasteiger partial charge in [0.1, 0.15) is 18.4 Å². The summed E-state index contributed by atoms with van der Waals surface area (Å²) in [6.07, 6.45) is 0. The van der Waals surface area contributed by atoms with Crippen LogP contribution in [-0.2, 0) is 9.53 Å². The van der Waals surface area contributed by atoms with Gasteiger partial charge < -0.3 is 19.9 Å². The van der Waals surface area contributed by atoms with Crippen LogP contribution in [0.5, 0.6) is 5.75 Å². The molecule has 0 heterocycles. The van der Waals surface area contributed by atoms with E-state index in [4.69, 9.17) is 14.6 Å². The Morgan fingerprint density at radius 3 is 2.65 bits per heavy atom. The summed E-state index contributed by atoms with van der Waals surface area (Å²) in [7, 11) is 1.59. The second-order valence-electron chi connectivity index (χ2n) is 3.42. The molecule has 0 saturated heterocycles. The van der Waals surface area contributed by atoms with Crippen LogP contribution in [0.25, 0.3) is 0 Å². The van der Waals surface area contributed by atoms with E-state index in [9.17, 15) is 4.79 Å². The Balaban J connectivity index is 2.10. The number of carbonyl (C=O) groups is 1. The molecule has 2 N–H and O–H groups in total. The smallest absolute Gasteiger partial charge is 0.323 e. The minimum Gasteiger partial charge on any atom is -0.491 e. The molecule has 0 aliphatic heterocycles. The molecule has 1 unspecified atom stereocenters. The Morgan fingerprint density at radius 1 is 1.35 bits per heavy atom. The number of nitrogens with one attached hydrogen (secondary N) is 1. The van der Waals surface area contributed by atoms with Gasteiger partial charge in [-0.05, 0) is 19.2 Å². The Labute approximate surface area is 100 Å². The zero-order valence-electron chi connectivity index (χ0n) is 9.76. The summed E-state index contributed by atoms with van der Waals surface area (Å²) in [6, 6.07) is 8.72. The molecular formula is C12H17NO4. The Morgan fingerprint density at radius 2 is 2.06 bits per heavy atom. The average Bonchev–Trinajstić information content (AvgIpc) is 2.34. The van der Waals surface area contributed by atoms with Crippen LogP contribution in [0.3, 0.4) is 0 Å². The SMILES string of the molecule is CNC(COCCOc1ccccc1)C(=O)O. The van der Waals surface area contributed by atoms with E-state index in [1.54, 1.807) is 7.05 Å². The van der Waals surface area contributed by atoms with Crippen molar-refractivity contribution in [1.82, 2.24) is 5.32 Å². The van der Waals surface area contributed by atoms with Crippen LogP contribution in [0.2, 0.25) is 0 Å². The van der Waals surface area contributed by atoms with Crippen molar-refractivity contribution in [3.8, 4) is 5.75 Å². The second-order valence-corrected chi connectivity index (χ2v) is 3.42. The normalized spacial score (nSPS) is 12.1. The standard InChI is InChI=1S/C12H17NO4/c1-13-11(12(14)15)9-16-7-8-17-10-5-3-2-4-6-10/h2-6,11,13H,7-9H2,1H3,(H,14,15). The highest BCUT2D eigenvalue weighted by Gasteiger charge is 2.14. The van der Waals surface area contributed by atoms with Gasteiger partial charge in [-0.15, -0.1) is 0 Å². The maximum Gasteiger partial charge on any atom is 0.323 e. The number of rotatable bonds is 8. The van der Waals surface area contributed by atoms with Crippen LogP contribution in [0.1, 0.15) is 0 Å². The first-order valence-corrected chi connectivity index (χ1v) is 5.39. The summed E-state index contributed by atoms with van der Waals surface area (Å²) in [4.78, 5) is 10.6. The molecule has 1 aromatic carbocycles. The van der Waals surface area contributed by atoms with Crippen LogP contribution >= 0.6 is 0 Å². The van der Waals surface area contributed by atoms with Crippen molar-refractivity contribution in [3.05, 3.63) is 30.3 Å². The molecular weight excluding hydrogens is 222 g/mol. The maximum atomic E-state index is 10.6. The molecule has 0 saturated carbocycles. The van der Waals surface area contributed by atoms with Crippen molar-refractivity contribution in [1.29, 1.82) is 0 Å². The summed E-state index contributed by atoms with van der Waals surface area (Å²) >= 11 is 0. The quantitative estimate of drug-likeness (QED) is 0.655. The third kappa shape index (κ3) is 5.33. The van der Waals surface area contributed by atoms with Crippen LogP contribution in [0, 0.1) is 0 Å². The van der Waals surface area contributed by atoms with Gasteiger partial charge >= 0.3 is 5.97 Å². The van der Waals surface area contributed by atoms with Gasteiger partial charge in [-0.2, -0.15) is 0 Å². The van der Waals surface area contributed by atoms with Crippen molar-refractivity contribution in [2.75, 3.05) is 26.9 Å². The molecule has 0 spiro atoms. The second kappa shape index (κ2) is 7.65. The first-order chi connectivity index (χ1) is 8.24. The molecule has 0 amide bonds. The Hall–Kier alpha value is -1.59. The molecule has 0 bridgehead atoms. The lowest BCUT2D eigenvalue weighted by molar-refractivity contribution is -0.141. The maximum absolute atomic E-state index is 10.6. The minimum absolute atomic E-state index is 0.129. The van der Waals surface area contributed by atoms with Crippen molar-refractivity contribution in [2.45, 2.75) is 6.04 Å². The number of aliphatic carboxylic acids is 1. The molecule has 0 radical (unpaired) electrons. The van der Waals surface area contributed by atoms with E-state index in [0.29, 0.717) is 13.2 Å². The summed E-state index contributed by atoms with van der Waals surface area (Å²) in [5.41, 5.74) is 0. The minimum atomic E-state index is -0.920. The van der Waals surface area contributed by atoms with E-state index >= 15 is 0 Å². The molecule has 0 fully saturated rings. The number of benzene rings is 1. The fraction of sp³-hybridized carbons (Fsp3) is 0.417. The fourth-order valence-corrected chi connectivity index (χ4v) is 1.21. The monoisotopic (exact) mass is 239 g/mol. The van der Waals surface area contributed by atoms with Gasteiger partial charge in [-0.25, -0.2) is 0 Å². The van der Waals surface area contributed by atoms with Gasteiger partial charge in [0, 0.05) is 0 Å². The molecule has 0 aliphatic carbocycles. The highest BCUT2D eigenvalue weighted by atomic mass is 16.5.